The van der Waals surface area contributed by atoms with E-state index in [1.54, 1.807) is 0 Å². The summed E-state index contributed by atoms with van der Waals surface area (Å²) in [7, 11) is 0. The van der Waals surface area contributed by atoms with Gasteiger partial charge in [-0.15, -0.1) is 0 Å². The first-order valence-electron chi connectivity index (χ1n) is 27.8. The van der Waals surface area contributed by atoms with Crippen molar-refractivity contribution in [1.82, 2.24) is 0 Å². The summed E-state index contributed by atoms with van der Waals surface area (Å²) in [5, 5.41) is 20.9. The highest BCUT2D eigenvalue weighted by atomic mass is 16.3. The Bertz CT molecular complexity index is 5600. The first-order chi connectivity index (χ1) is 40.2. The highest BCUT2D eigenvalue weighted by molar-refractivity contribution is 6.27. The fourth-order valence-electron chi connectivity index (χ4n) is 14.0. The second-order valence-corrected chi connectivity index (χ2v) is 21.7. The molecule has 0 saturated heterocycles. The Kier molecular flexibility index (Phi) is 9.23. The van der Waals surface area contributed by atoms with Crippen molar-refractivity contribution in [3.63, 3.8) is 0 Å². The van der Waals surface area contributed by atoms with E-state index >= 15 is 0 Å². The van der Waals surface area contributed by atoms with Crippen LogP contribution in [-0.4, -0.2) is 0 Å². The molecule has 3 heterocycles. The van der Waals surface area contributed by atoms with E-state index in [0.29, 0.717) is 0 Å². The van der Waals surface area contributed by atoms with E-state index in [9.17, 15) is 0 Å². The van der Waals surface area contributed by atoms with Gasteiger partial charge >= 0.3 is 0 Å². The van der Waals surface area contributed by atoms with Gasteiger partial charge in [-0.25, -0.2) is 0 Å². The van der Waals surface area contributed by atoms with Gasteiger partial charge in [0.1, 0.15) is 33.5 Å². The van der Waals surface area contributed by atoms with Gasteiger partial charge in [0.15, 0.2) is 0 Å². The zero-order valence-corrected chi connectivity index (χ0v) is 43.6. The van der Waals surface area contributed by atoms with Crippen LogP contribution in [0.3, 0.4) is 0 Å². The lowest BCUT2D eigenvalue weighted by atomic mass is 9.85. The summed E-state index contributed by atoms with van der Waals surface area (Å²) in [5.74, 6) is 0. The molecule has 18 aromatic rings. The van der Waals surface area contributed by atoms with Crippen LogP contribution < -0.4 is 0 Å². The maximum absolute atomic E-state index is 7.02. The molecule has 0 fully saturated rings. The molecule has 0 aliphatic carbocycles. The van der Waals surface area contributed by atoms with Crippen LogP contribution >= 0.6 is 0 Å². The molecular formula is C78H44O3. The highest BCUT2D eigenvalue weighted by Gasteiger charge is 2.24. The van der Waals surface area contributed by atoms with E-state index in [1.165, 1.54) is 76.3 Å². The fraction of sp³-hybridized carbons (Fsp3) is 0. The predicted octanol–water partition coefficient (Wildman–Crippen LogP) is 22.6. The summed E-state index contributed by atoms with van der Waals surface area (Å²) in [6.07, 6.45) is 0. The van der Waals surface area contributed by atoms with Crippen molar-refractivity contribution in [1.29, 1.82) is 0 Å². The van der Waals surface area contributed by atoms with Crippen molar-refractivity contribution >= 4 is 130 Å². The lowest BCUT2D eigenvalue weighted by Gasteiger charge is -2.18. The average molecular weight is 1030 g/mol. The summed E-state index contributed by atoms with van der Waals surface area (Å²) in [6.45, 7) is 0. The van der Waals surface area contributed by atoms with Gasteiger partial charge < -0.3 is 13.3 Å². The van der Waals surface area contributed by atoms with Crippen molar-refractivity contribution < 1.29 is 13.3 Å². The number of para-hydroxylation sites is 1. The molecule has 0 bridgehead atoms. The lowest BCUT2D eigenvalue weighted by molar-refractivity contribution is 0.668. The molecule has 0 atom stereocenters. The third-order valence-corrected chi connectivity index (χ3v) is 17.4. The third-order valence-electron chi connectivity index (χ3n) is 17.4. The number of hydrogen-bond donors (Lipinski definition) is 0. The minimum Gasteiger partial charge on any atom is -0.456 e. The van der Waals surface area contributed by atoms with E-state index < -0.39 is 0 Å². The fourth-order valence-corrected chi connectivity index (χ4v) is 14.0. The molecule has 0 spiro atoms. The second kappa shape index (κ2) is 16.9. The van der Waals surface area contributed by atoms with E-state index in [2.05, 4.69) is 267 Å². The number of benzene rings is 15. The minimum absolute atomic E-state index is 0.842. The second-order valence-electron chi connectivity index (χ2n) is 21.7. The van der Waals surface area contributed by atoms with Crippen molar-refractivity contribution in [2.24, 2.45) is 0 Å². The Morgan fingerprint density at radius 2 is 0.593 bits per heavy atom. The Morgan fingerprint density at radius 1 is 0.185 bits per heavy atom. The van der Waals surface area contributed by atoms with E-state index in [4.69, 9.17) is 13.3 Å². The third kappa shape index (κ3) is 6.40. The number of rotatable bonds is 5. The summed E-state index contributed by atoms with van der Waals surface area (Å²) < 4.78 is 20.5. The van der Waals surface area contributed by atoms with Crippen molar-refractivity contribution in [2.75, 3.05) is 0 Å². The molecule has 0 N–H and O–H groups in total. The van der Waals surface area contributed by atoms with Crippen LogP contribution in [0.5, 0.6) is 0 Å². The van der Waals surface area contributed by atoms with Gasteiger partial charge in [0.25, 0.3) is 0 Å². The zero-order chi connectivity index (χ0) is 52.9. The summed E-state index contributed by atoms with van der Waals surface area (Å²) in [4.78, 5) is 0. The molecule has 0 saturated carbocycles. The smallest absolute Gasteiger partial charge is 0.143 e. The lowest BCUT2D eigenvalue weighted by Crippen LogP contribution is -1.90. The first-order valence-corrected chi connectivity index (χ1v) is 27.8. The quantitative estimate of drug-likeness (QED) is 0.161. The molecule has 18 rings (SSSR count). The number of furan rings is 3. The van der Waals surface area contributed by atoms with Crippen LogP contribution in [0.15, 0.2) is 280 Å². The molecule has 0 amide bonds. The zero-order valence-electron chi connectivity index (χ0n) is 43.6. The van der Waals surface area contributed by atoms with Gasteiger partial charge in [-0.2, -0.15) is 0 Å². The van der Waals surface area contributed by atoms with Gasteiger partial charge in [0.05, 0.1) is 0 Å². The van der Waals surface area contributed by atoms with Gasteiger partial charge in [0.2, 0.25) is 0 Å². The molecule has 374 valence electrons. The van der Waals surface area contributed by atoms with E-state index in [-0.39, 0.29) is 0 Å². The molecule has 0 unspecified atom stereocenters. The minimum atomic E-state index is 0.842. The molecule has 3 nitrogen and oxygen atoms in total. The topological polar surface area (TPSA) is 39.4 Å². The predicted molar refractivity (Wildman–Crippen MR) is 340 cm³/mol. The Hall–Kier alpha value is -10.7. The van der Waals surface area contributed by atoms with Crippen LogP contribution in [0.1, 0.15) is 0 Å². The molecule has 81 heavy (non-hydrogen) atoms. The maximum atomic E-state index is 7.02. The normalized spacial score (nSPS) is 12.2. The molecule has 0 aliphatic rings. The largest absolute Gasteiger partial charge is 0.456 e. The molecular weight excluding hydrogens is 985 g/mol. The molecule has 3 heteroatoms. The van der Waals surface area contributed by atoms with Crippen molar-refractivity contribution in [3.05, 3.63) is 267 Å². The first kappa shape index (κ1) is 44.3. The summed E-state index contributed by atoms with van der Waals surface area (Å²) in [5.41, 5.74) is 16.9. The van der Waals surface area contributed by atoms with Gasteiger partial charge in [0, 0.05) is 43.3 Å². The van der Waals surface area contributed by atoms with Gasteiger partial charge in [-0.3, -0.25) is 0 Å². The van der Waals surface area contributed by atoms with Gasteiger partial charge in [-0.1, -0.05) is 218 Å². The van der Waals surface area contributed by atoms with Crippen molar-refractivity contribution in [2.45, 2.75) is 0 Å². The van der Waals surface area contributed by atoms with Crippen LogP contribution in [0.2, 0.25) is 0 Å². The molecule has 0 aliphatic heterocycles. The van der Waals surface area contributed by atoms with E-state index in [1.807, 2.05) is 0 Å². The molecule has 3 aromatic heterocycles. The Labute approximate surface area is 463 Å². The van der Waals surface area contributed by atoms with Crippen LogP contribution in [0, 0.1) is 0 Å². The number of hydrogen-bond acceptors (Lipinski definition) is 3. The van der Waals surface area contributed by atoms with E-state index in [0.717, 1.165) is 110 Å². The summed E-state index contributed by atoms with van der Waals surface area (Å²) in [6, 6.07) is 96.9. The highest BCUT2D eigenvalue weighted by Crippen LogP contribution is 2.50. The van der Waals surface area contributed by atoms with Crippen LogP contribution in [0.25, 0.3) is 186 Å². The standard InChI is InChI=1S/C78H44O3/c1-2-18-46(19-3-1)72-53-23-8-10-25-55(53)75(56-26-11-9-24-54(56)72)49-36-40-70-67(43-49)76-52-22-7-6-21-51(52)64(44-71(76)79-70)61-31-16-32-62-65-41-47(34-38-68(65)81-78(61)62)73-57-27-12-14-29-59(57)74(60-30-15-13-28-58(60)73)48-35-39-69-66(42-48)63-37-33-45-17-4-5-20-50(45)77(63)80-69/h1-44H. The van der Waals surface area contributed by atoms with Crippen LogP contribution in [0.4, 0.5) is 0 Å². The SMILES string of the molecule is c1ccc(-c2c3ccccc3c(-c3ccc4oc5cc(-c6cccc7c6oc6ccc(-c8c9ccccc9c(-c9ccc%10oc%11c%12ccccc%12ccc%11c%10c9)c9ccccc89)cc67)c6ccccc6c5c4c3)c3ccccc23)cc1. The summed E-state index contributed by atoms with van der Waals surface area (Å²) >= 11 is 0. The maximum Gasteiger partial charge on any atom is 0.143 e. The van der Waals surface area contributed by atoms with Crippen molar-refractivity contribution in [3.8, 4) is 55.6 Å². The monoisotopic (exact) mass is 1030 g/mol. The van der Waals surface area contributed by atoms with Gasteiger partial charge in [-0.05, 0) is 158 Å². The molecule has 0 radical (unpaired) electrons. The number of fused-ring (bicyclic) bond motifs is 17. The average Bonchev–Trinajstić information content (AvgIpc) is 4.46. The molecule has 15 aromatic carbocycles. The Morgan fingerprint density at radius 3 is 1.14 bits per heavy atom. The Balaban J connectivity index is 0.789. The van der Waals surface area contributed by atoms with Crippen LogP contribution in [-0.2, 0) is 0 Å².